The van der Waals surface area contributed by atoms with Crippen molar-refractivity contribution >= 4 is 29.1 Å². The van der Waals surface area contributed by atoms with E-state index in [2.05, 4.69) is 10.3 Å². The van der Waals surface area contributed by atoms with Gasteiger partial charge in [-0.1, -0.05) is 23.7 Å². The average Bonchev–Trinajstić information content (AvgIpc) is 3.29. The summed E-state index contributed by atoms with van der Waals surface area (Å²) in [6.45, 7) is 0.870. The zero-order valence-corrected chi connectivity index (χ0v) is 20.3. The second-order valence-corrected chi connectivity index (χ2v) is 8.75. The average molecular weight is 495 g/mol. The van der Waals surface area contributed by atoms with E-state index in [0.717, 1.165) is 34.0 Å². The highest BCUT2D eigenvalue weighted by Crippen LogP contribution is 2.36. The van der Waals surface area contributed by atoms with Crippen LogP contribution in [0.4, 0.5) is 21.8 Å². The van der Waals surface area contributed by atoms with Gasteiger partial charge in [-0.2, -0.15) is 4.98 Å². The Labute approximate surface area is 207 Å². The number of methoxy groups -OCH3 is 1. The first kappa shape index (κ1) is 23.1. The lowest BCUT2D eigenvalue weighted by atomic mass is 9.91. The normalized spacial score (nSPS) is 14.9. The Hall–Kier alpha value is -3.69. The van der Waals surface area contributed by atoms with Gasteiger partial charge >= 0.3 is 0 Å². The molecule has 8 nitrogen and oxygen atoms in total. The van der Waals surface area contributed by atoms with Gasteiger partial charge in [0.05, 0.1) is 37.6 Å². The maximum Gasteiger partial charge on any atom is 0.229 e. The number of nitrogens with zero attached hydrogens (tertiary/aromatic N) is 5. The summed E-state index contributed by atoms with van der Waals surface area (Å²) >= 11 is 5.97. The number of imidazole rings is 1. The second-order valence-electron chi connectivity index (χ2n) is 8.36. The summed E-state index contributed by atoms with van der Waals surface area (Å²) in [5.41, 5.74) is 4.27. The number of anilines is 3. The van der Waals surface area contributed by atoms with Crippen LogP contribution in [-0.4, -0.2) is 47.3 Å². The number of fused-ring (bicyclic) bond motifs is 1. The highest BCUT2D eigenvalue weighted by molar-refractivity contribution is 6.29. The number of halogens is 2. The summed E-state index contributed by atoms with van der Waals surface area (Å²) in [5, 5.41) is 3.70. The number of hydrogen-bond acceptors (Lipinski definition) is 7. The third kappa shape index (κ3) is 4.65. The fraction of sp³-hybridized carbons (Fsp3) is 0.240. The van der Waals surface area contributed by atoms with Crippen LogP contribution in [0.15, 0.2) is 55.0 Å². The molecule has 2 aromatic carbocycles. The Morgan fingerprint density at radius 1 is 1.17 bits per heavy atom. The molecule has 0 bridgehead atoms. The van der Waals surface area contributed by atoms with Gasteiger partial charge in [0.2, 0.25) is 5.95 Å². The first-order valence-corrected chi connectivity index (χ1v) is 11.4. The molecule has 0 saturated carbocycles. The lowest BCUT2D eigenvalue weighted by Gasteiger charge is -2.29. The Bertz CT molecular complexity index is 1360. The van der Waals surface area contributed by atoms with Crippen molar-refractivity contribution < 1.29 is 13.9 Å². The molecule has 4 aromatic rings. The molecular weight excluding hydrogens is 471 g/mol. The van der Waals surface area contributed by atoms with Crippen LogP contribution in [0.25, 0.3) is 5.69 Å². The lowest BCUT2D eigenvalue weighted by molar-refractivity contribution is 0.0977. The van der Waals surface area contributed by atoms with Crippen molar-refractivity contribution in [1.82, 2.24) is 19.5 Å². The summed E-state index contributed by atoms with van der Waals surface area (Å²) in [4.78, 5) is 15.6. The van der Waals surface area contributed by atoms with Crippen molar-refractivity contribution in [1.29, 1.82) is 0 Å². The van der Waals surface area contributed by atoms with Gasteiger partial charge in [0.25, 0.3) is 0 Å². The van der Waals surface area contributed by atoms with Gasteiger partial charge in [-0.15, -0.1) is 0 Å². The Kier molecular flexibility index (Phi) is 6.27. The van der Waals surface area contributed by atoms with Crippen LogP contribution < -0.4 is 15.0 Å². The van der Waals surface area contributed by atoms with E-state index in [-0.39, 0.29) is 11.7 Å². The second kappa shape index (κ2) is 9.52. The highest BCUT2D eigenvalue weighted by atomic mass is 35.5. The molecule has 0 saturated heterocycles. The molecular formula is C25H24ClFN6O2. The SMILES string of the molecule is COc1cc(Nc2nc3c(c(N(C)C)n2)COCC3c2ccc(F)cc2)ccc1-n1cnc(Cl)c1. The molecule has 1 atom stereocenters. The minimum Gasteiger partial charge on any atom is -0.494 e. The minimum atomic E-state index is -0.278. The standard InChI is InChI=1S/C25H24ClFN6O2/c1-32(2)24-19-13-35-12-18(15-4-6-16(27)7-5-15)23(19)30-25(31-24)29-17-8-9-20(21(10-17)34-3)33-11-22(26)28-14-33/h4-11,14,18H,12-13H2,1-3H3,(H,29,30,31). The largest absolute Gasteiger partial charge is 0.494 e. The van der Waals surface area contributed by atoms with Gasteiger partial charge in [0, 0.05) is 37.6 Å². The summed E-state index contributed by atoms with van der Waals surface area (Å²) in [6, 6.07) is 12.1. The first-order chi connectivity index (χ1) is 16.9. The molecule has 5 rings (SSSR count). The molecule has 0 fully saturated rings. The number of hydrogen-bond donors (Lipinski definition) is 1. The smallest absolute Gasteiger partial charge is 0.229 e. The lowest BCUT2D eigenvalue weighted by Crippen LogP contribution is -2.25. The van der Waals surface area contributed by atoms with Crippen molar-refractivity contribution in [3.63, 3.8) is 0 Å². The Balaban J connectivity index is 1.53. The van der Waals surface area contributed by atoms with Crippen molar-refractivity contribution in [2.75, 3.05) is 38.0 Å². The summed E-state index contributed by atoms with van der Waals surface area (Å²) in [6.07, 6.45) is 3.33. The monoisotopic (exact) mass is 494 g/mol. The number of benzene rings is 2. The van der Waals surface area contributed by atoms with E-state index < -0.39 is 0 Å². The van der Waals surface area contributed by atoms with E-state index in [1.165, 1.54) is 12.1 Å². The summed E-state index contributed by atoms with van der Waals surface area (Å²) < 4.78 is 26.8. The van der Waals surface area contributed by atoms with Crippen LogP contribution in [0.5, 0.6) is 5.75 Å². The summed E-state index contributed by atoms with van der Waals surface area (Å²) in [7, 11) is 5.47. The van der Waals surface area contributed by atoms with Crippen LogP contribution in [0.3, 0.4) is 0 Å². The van der Waals surface area contributed by atoms with Crippen LogP contribution in [0.1, 0.15) is 22.7 Å². The molecule has 1 aliphatic rings. The molecule has 1 N–H and O–H groups in total. The van der Waals surface area contributed by atoms with Gasteiger partial charge in [-0.05, 0) is 29.8 Å². The van der Waals surface area contributed by atoms with E-state index >= 15 is 0 Å². The van der Waals surface area contributed by atoms with E-state index in [1.54, 1.807) is 36.3 Å². The van der Waals surface area contributed by atoms with Crippen LogP contribution in [-0.2, 0) is 11.3 Å². The molecule has 180 valence electrons. The topological polar surface area (TPSA) is 77.3 Å². The maximum absolute atomic E-state index is 13.5. The Morgan fingerprint density at radius 2 is 1.97 bits per heavy atom. The predicted molar refractivity (Wildman–Crippen MR) is 133 cm³/mol. The maximum atomic E-state index is 13.5. The molecule has 1 unspecified atom stereocenters. The number of nitrogens with one attached hydrogen (secondary N) is 1. The third-order valence-electron chi connectivity index (χ3n) is 5.84. The van der Waals surface area contributed by atoms with E-state index in [4.69, 9.17) is 31.0 Å². The molecule has 35 heavy (non-hydrogen) atoms. The third-order valence-corrected chi connectivity index (χ3v) is 6.03. The molecule has 2 aromatic heterocycles. The molecule has 0 aliphatic carbocycles. The van der Waals surface area contributed by atoms with Crippen molar-refractivity contribution in [2.24, 2.45) is 0 Å². The number of rotatable bonds is 6. The van der Waals surface area contributed by atoms with Crippen molar-refractivity contribution in [3.05, 3.63) is 82.8 Å². The van der Waals surface area contributed by atoms with E-state index in [9.17, 15) is 4.39 Å². The quantitative estimate of drug-likeness (QED) is 0.407. The molecule has 0 spiro atoms. The van der Waals surface area contributed by atoms with Crippen LogP contribution in [0, 0.1) is 5.82 Å². The van der Waals surface area contributed by atoms with Gasteiger partial charge in [0.1, 0.15) is 28.9 Å². The Morgan fingerprint density at radius 3 is 2.66 bits per heavy atom. The fourth-order valence-electron chi connectivity index (χ4n) is 4.18. The highest BCUT2D eigenvalue weighted by Gasteiger charge is 2.28. The van der Waals surface area contributed by atoms with E-state index in [0.29, 0.717) is 30.1 Å². The van der Waals surface area contributed by atoms with Gasteiger partial charge < -0.3 is 24.3 Å². The first-order valence-electron chi connectivity index (χ1n) is 11.0. The van der Waals surface area contributed by atoms with Crippen LogP contribution in [0.2, 0.25) is 5.15 Å². The zero-order chi connectivity index (χ0) is 24.5. The predicted octanol–water partition coefficient (Wildman–Crippen LogP) is 4.94. The van der Waals surface area contributed by atoms with Crippen molar-refractivity contribution in [3.8, 4) is 11.4 Å². The van der Waals surface area contributed by atoms with Gasteiger partial charge in [0.15, 0.2) is 0 Å². The molecule has 10 heteroatoms. The molecule has 0 amide bonds. The number of ether oxygens (including phenoxy) is 2. The summed E-state index contributed by atoms with van der Waals surface area (Å²) in [5.74, 6) is 1.43. The fourth-order valence-corrected chi connectivity index (χ4v) is 4.33. The zero-order valence-electron chi connectivity index (χ0n) is 19.5. The van der Waals surface area contributed by atoms with Gasteiger partial charge in [-0.3, -0.25) is 0 Å². The molecule has 3 heterocycles. The number of aromatic nitrogens is 4. The van der Waals surface area contributed by atoms with Gasteiger partial charge in [-0.25, -0.2) is 14.4 Å². The molecule has 0 radical (unpaired) electrons. The van der Waals surface area contributed by atoms with E-state index in [1.807, 2.05) is 37.2 Å². The van der Waals surface area contributed by atoms with Crippen molar-refractivity contribution in [2.45, 2.75) is 12.5 Å². The van der Waals surface area contributed by atoms with Crippen LogP contribution >= 0.6 is 11.6 Å². The minimum absolute atomic E-state index is 0.135. The molecule has 1 aliphatic heterocycles.